The molecule has 7 heteroatoms. The van der Waals surface area contributed by atoms with Crippen LogP contribution in [-0.2, 0) is 25.4 Å². The van der Waals surface area contributed by atoms with E-state index in [1.54, 1.807) is 0 Å². The predicted molar refractivity (Wildman–Crippen MR) is 98.6 cm³/mol. The van der Waals surface area contributed by atoms with Gasteiger partial charge in [-0.3, -0.25) is 4.68 Å². The molecule has 1 saturated heterocycles. The van der Waals surface area contributed by atoms with Crippen LogP contribution in [0.5, 0.6) is 0 Å². The highest BCUT2D eigenvalue weighted by Gasteiger charge is 2.24. The normalized spacial score (nSPS) is 16.6. The van der Waals surface area contributed by atoms with Crippen molar-refractivity contribution in [3.8, 4) is 0 Å². The number of rotatable bonds is 6. The quantitative estimate of drug-likeness (QED) is 0.864. The van der Waals surface area contributed by atoms with Gasteiger partial charge in [0, 0.05) is 51.7 Å². The Hall–Kier alpha value is -1.86. The molecule has 138 valence electrons. The van der Waals surface area contributed by atoms with Crippen molar-refractivity contribution >= 4 is 5.82 Å². The van der Waals surface area contributed by atoms with Crippen molar-refractivity contribution in [3.05, 3.63) is 29.5 Å². The van der Waals surface area contributed by atoms with Crippen LogP contribution in [0, 0.1) is 12.8 Å². The van der Waals surface area contributed by atoms with Gasteiger partial charge in [0.15, 0.2) is 0 Å². The molecule has 7 nitrogen and oxygen atoms in total. The van der Waals surface area contributed by atoms with E-state index < -0.39 is 0 Å². The summed E-state index contributed by atoms with van der Waals surface area (Å²) >= 11 is 0. The summed E-state index contributed by atoms with van der Waals surface area (Å²) in [5.41, 5.74) is 2.35. The zero-order valence-corrected chi connectivity index (χ0v) is 16.0. The molecule has 1 atom stereocenters. The van der Waals surface area contributed by atoms with Gasteiger partial charge in [0.1, 0.15) is 11.6 Å². The van der Waals surface area contributed by atoms with Crippen LogP contribution in [0.15, 0.2) is 12.4 Å². The molecular formula is C18H30N6O. The molecule has 0 spiro atoms. The molecule has 0 radical (unpaired) electrons. The van der Waals surface area contributed by atoms with Crippen LogP contribution >= 0.6 is 0 Å². The van der Waals surface area contributed by atoms with Gasteiger partial charge >= 0.3 is 0 Å². The fourth-order valence-corrected chi connectivity index (χ4v) is 3.58. The van der Waals surface area contributed by atoms with Gasteiger partial charge in [-0.05, 0) is 12.8 Å². The Morgan fingerprint density at radius 3 is 2.56 bits per heavy atom. The van der Waals surface area contributed by atoms with E-state index in [0.717, 1.165) is 44.4 Å². The molecule has 1 N–H and O–H groups in total. The largest absolute Gasteiger partial charge is 0.378 e. The molecule has 2 aromatic heterocycles. The fourth-order valence-electron chi connectivity index (χ4n) is 3.58. The van der Waals surface area contributed by atoms with Gasteiger partial charge < -0.3 is 19.5 Å². The van der Waals surface area contributed by atoms with Gasteiger partial charge in [0.2, 0.25) is 0 Å². The summed E-state index contributed by atoms with van der Waals surface area (Å²) in [6, 6.07) is 0.206. The first kappa shape index (κ1) is 17.9. The first-order valence-corrected chi connectivity index (χ1v) is 9.04. The third kappa shape index (κ3) is 3.72. The highest BCUT2D eigenvalue weighted by Crippen LogP contribution is 2.26. The molecule has 0 aromatic carbocycles. The summed E-state index contributed by atoms with van der Waals surface area (Å²) in [5, 5.41) is 8.38. The molecule has 0 saturated carbocycles. The number of aryl methyl sites for hydroxylation is 3. The van der Waals surface area contributed by atoms with Crippen molar-refractivity contribution in [2.75, 3.05) is 31.2 Å². The first-order valence-electron chi connectivity index (χ1n) is 9.04. The number of hydrogen-bond acceptors (Lipinski definition) is 5. The van der Waals surface area contributed by atoms with E-state index in [0.29, 0.717) is 5.92 Å². The molecular weight excluding hydrogens is 316 g/mol. The maximum absolute atomic E-state index is 5.50. The van der Waals surface area contributed by atoms with Crippen LogP contribution in [0.4, 0.5) is 5.82 Å². The smallest absolute Gasteiger partial charge is 0.131 e. The number of nitrogens with one attached hydrogen (secondary N) is 1. The van der Waals surface area contributed by atoms with Crippen molar-refractivity contribution < 1.29 is 4.74 Å². The molecule has 2 aromatic rings. The molecule has 1 aliphatic rings. The molecule has 0 aliphatic carbocycles. The number of nitrogens with zero attached hydrogens (tertiary/aromatic N) is 5. The van der Waals surface area contributed by atoms with E-state index >= 15 is 0 Å². The van der Waals surface area contributed by atoms with Gasteiger partial charge in [-0.1, -0.05) is 13.8 Å². The Morgan fingerprint density at radius 2 is 1.96 bits per heavy atom. The number of aromatic nitrogens is 4. The van der Waals surface area contributed by atoms with Crippen molar-refractivity contribution in [1.29, 1.82) is 0 Å². The third-order valence-corrected chi connectivity index (χ3v) is 4.93. The zero-order valence-electron chi connectivity index (χ0n) is 16.0. The maximum atomic E-state index is 5.50. The molecule has 1 aliphatic heterocycles. The lowest BCUT2D eigenvalue weighted by Gasteiger charge is -2.30. The summed E-state index contributed by atoms with van der Waals surface area (Å²) in [5.74, 6) is 2.73. The van der Waals surface area contributed by atoms with Crippen LogP contribution in [0.3, 0.4) is 0 Å². The lowest BCUT2D eigenvalue weighted by atomic mass is 10.0. The monoisotopic (exact) mass is 346 g/mol. The van der Waals surface area contributed by atoms with Gasteiger partial charge in [-0.25, -0.2) is 4.98 Å². The lowest BCUT2D eigenvalue weighted by molar-refractivity contribution is 0.122. The lowest BCUT2D eigenvalue weighted by Crippen LogP contribution is -2.38. The molecule has 3 heterocycles. The number of ether oxygens (including phenoxy) is 1. The van der Waals surface area contributed by atoms with E-state index in [1.807, 2.05) is 31.2 Å². The Kier molecular flexibility index (Phi) is 5.44. The second kappa shape index (κ2) is 7.58. The molecule has 25 heavy (non-hydrogen) atoms. The van der Waals surface area contributed by atoms with Crippen LogP contribution in [0.25, 0.3) is 0 Å². The highest BCUT2D eigenvalue weighted by molar-refractivity contribution is 5.50. The molecule has 0 amide bonds. The van der Waals surface area contributed by atoms with Gasteiger partial charge in [0.25, 0.3) is 0 Å². The Labute approximate surface area is 150 Å². The fraction of sp³-hybridized carbons (Fsp3) is 0.667. The van der Waals surface area contributed by atoms with Crippen LogP contribution in [0.1, 0.15) is 37.0 Å². The predicted octanol–water partition coefficient (Wildman–Crippen LogP) is 1.79. The molecule has 1 unspecified atom stereocenters. The van der Waals surface area contributed by atoms with Crippen molar-refractivity contribution in [3.63, 3.8) is 0 Å². The van der Waals surface area contributed by atoms with Crippen LogP contribution in [-0.4, -0.2) is 45.6 Å². The Morgan fingerprint density at radius 1 is 1.24 bits per heavy atom. The minimum Gasteiger partial charge on any atom is -0.378 e. The molecule has 0 bridgehead atoms. The first-order chi connectivity index (χ1) is 12.0. The minimum absolute atomic E-state index is 0.206. The van der Waals surface area contributed by atoms with Crippen molar-refractivity contribution in [1.82, 2.24) is 24.6 Å². The summed E-state index contributed by atoms with van der Waals surface area (Å²) in [7, 11) is 4.08. The summed E-state index contributed by atoms with van der Waals surface area (Å²) in [6.07, 6.45) is 3.86. The highest BCUT2D eigenvalue weighted by atomic mass is 16.5. The van der Waals surface area contributed by atoms with Gasteiger partial charge in [0.05, 0.1) is 24.9 Å². The standard InChI is InChI=1S/C18H30N6O/c1-13(2)16(17-19-6-7-22(17)4)20-12-15-14(3)21-23(5)18(15)24-8-10-25-11-9-24/h6-7,13,16,20H,8-12H2,1-5H3. The Balaban J connectivity index is 1.81. The summed E-state index contributed by atoms with van der Waals surface area (Å²) < 4.78 is 9.60. The third-order valence-electron chi connectivity index (χ3n) is 4.93. The number of morpholine rings is 1. The van der Waals surface area contributed by atoms with E-state index in [9.17, 15) is 0 Å². The van der Waals surface area contributed by atoms with E-state index in [1.165, 1.54) is 11.4 Å². The van der Waals surface area contributed by atoms with Crippen LogP contribution < -0.4 is 10.2 Å². The minimum atomic E-state index is 0.206. The number of hydrogen-bond donors (Lipinski definition) is 1. The Bertz CT molecular complexity index is 698. The molecule has 3 rings (SSSR count). The summed E-state index contributed by atoms with van der Waals surface area (Å²) in [4.78, 5) is 6.92. The van der Waals surface area contributed by atoms with Crippen LogP contribution in [0.2, 0.25) is 0 Å². The van der Waals surface area contributed by atoms with Crippen molar-refractivity contribution in [2.45, 2.75) is 33.4 Å². The number of imidazole rings is 1. The second-order valence-electron chi connectivity index (χ2n) is 7.11. The van der Waals surface area contributed by atoms with E-state index in [-0.39, 0.29) is 6.04 Å². The zero-order chi connectivity index (χ0) is 18.0. The maximum Gasteiger partial charge on any atom is 0.131 e. The van der Waals surface area contributed by atoms with Gasteiger partial charge in [-0.15, -0.1) is 0 Å². The number of anilines is 1. The SMILES string of the molecule is Cc1nn(C)c(N2CCOCC2)c1CNC(c1nccn1C)C(C)C. The second-order valence-corrected chi connectivity index (χ2v) is 7.11. The average molecular weight is 346 g/mol. The topological polar surface area (TPSA) is 60.1 Å². The average Bonchev–Trinajstić information content (AvgIpc) is 3.11. The molecule has 1 fully saturated rings. The van der Waals surface area contributed by atoms with Gasteiger partial charge in [-0.2, -0.15) is 5.10 Å². The summed E-state index contributed by atoms with van der Waals surface area (Å²) in [6.45, 7) is 10.7. The van der Waals surface area contributed by atoms with E-state index in [2.05, 4.69) is 45.6 Å². The van der Waals surface area contributed by atoms with E-state index in [4.69, 9.17) is 4.74 Å². The van der Waals surface area contributed by atoms with Crippen molar-refractivity contribution in [2.24, 2.45) is 20.0 Å².